The van der Waals surface area contributed by atoms with Gasteiger partial charge in [-0.3, -0.25) is 4.79 Å². The number of primary amides is 1. The molecule has 106 valence electrons. The van der Waals surface area contributed by atoms with Crippen molar-refractivity contribution in [3.63, 3.8) is 0 Å². The molecule has 0 saturated heterocycles. The van der Waals surface area contributed by atoms with Crippen molar-refractivity contribution in [3.05, 3.63) is 17.0 Å². The number of hydrogen-bond donors (Lipinski definition) is 2. The molecule has 0 aliphatic heterocycles. The van der Waals surface area contributed by atoms with Crippen LogP contribution in [-0.2, 0) is 16.1 Å². The lowest BCUT2D eigenvalue weighted by Gasteiger charge is -2.25. The Kier molecular flexibility index (Phi) is 5.50. The number of carbonyl (C=O) groups is 1. The van der Waals surface area contributed by atoms with Crippen LogP contribution in [-0.4, -0.2) is 28.0 Å². The summed E-state index contributed by atoms with van der Waals surface area (Å²) in [6.45, 7) is 6.47. The van der Waals surface area contributed by atoms with E-state index in [-0.39, 0.29) is 12.3 Å². The lowest BCUT2D eigenvalue weighted by molar-refractivity contribution is -0.118. The van der Waals surface area contributed by atoms with Crippen molar-refractivity contribution >= 4 is 23.3 Å². The molecule has 0 spiro atoms. The predicted molar refractivity (Wildman–Crippen MR) is 73.9 cm³/mol. The highest BCUT2D eigenvalue weighted by molar-refractivity contribution is 6.29. The van der Waals surface area contributed by atoms with E-state index in [0.717, 1.165) is 0 Å². The van der Waals surface area contributed by atoms with Crippen LogP contribution >= 0.6 is 11.6 Å². The number of amides is 1. The van der Waals surface area contributed by atoms with Gasteiger partial charge in [0, 0.05) is 24.6 Å². The lowest BCUT2D eigenvalue weighted by atomic mass is 10.0. The Labute approximate surface area is 117 Å². The summed E-state index contributed by atoms with van der Waals surface area (Å²) < 4.78 is 5.24. The third-order valence-corrected chi connectivity index (χ3v) is 2.45. The zero-order valence-corrected chi connectivity index (χ0v) is 12.1. The SMILES string of the molecule is CCOCc1nc(Cl)cc(NC(C)(C)CC(N)=O)n1. The van der Waals surface area contributed by atoms with E-state index in [0.29, 0.717) is 30.0 Å². The van der Waals surface area contributed by atoms with Gasteiger partial charge in [-0.25, -0.2) is 9.97 Å². The van der Waals surface area contributed by atoms with Gasteiger partial charge in [0.15, 0.2) is 5.82 Å². The molecule has 0 fully saturated rings. The van der Waals surface area contributed by atoms with Gasteiger partial charge in [-0.15, -0.1) is 0 Å². The molecule has 1 heterocycles. The monoisotopic (exact) mass is 286 g/mol. The van der Waals surface area contributed by atoms with Gasteiger partial charge in [0.05, 0.1) is 0 Å². The average molecular weight is 287 g/mol. The highest BCUT2D eigenvalue weighted by atomic mass is 35.5. The van der Waals surface area contributed by atoms with E-state index in [2.05, 4.69) is 15.3 Å². The maximum atomic E-state index is 11.0. The summed E-state index contributed by atoms with van der Waals surface area (Å²) in [4.78, 5) is 19.3. The van der Waals surface area contributed by atoms with E-state index in [1.807, 2.05) is 20.8 Å². The van der Waals surface area contributed by atoms with Crippen LogP contribution in [0.5, 0.6) is 0 Å². The number of nitrogens with zero attached hydrogens (tertiary/aromatic N) is 2. The second-order valence-electron chi connectivity index (χ2n) is 4.78. The number of aromatic nitrogens is 2. The highest BCUT2D eigenvalue weighted by Crippen LogP contribution is 2.19. The molecule has 6 nitrogen and oxygen atoms in total. The van der Waals surface area contributed by atoms with Crippen LogP contribution in [0.4, 0.5) is 5.82 Å². The standard InChI is InChI=1S/C12H19ClN4O2/c1-4-19-7-11-15-8(13)5-10(16-11)17-12(2,3)6-9(14)18/h5H,4,6-7H2,1-3H3,(H2,14,18)(H,15,16,17). The number of anilines is 1. The van der Waals surface area contributed by atoms with E-state index < -0.39 is 5.54 Å². The van der Waals surface area contributed by atoms with E-state index in [1.165, 1.54) is 0 Å². The molecular weight excluding hydrogens is 268 g/mol. The van der Waals surface area contributed by atoms with Crippen molar-refractivity contribution < 1.29 is 9.53 Å². The molecule has 0 atom stereocenters. The molecule has 3 N–H and O–H groups in total. The van der Waals surface area contributed by atoms with E-state index in [4.69, 9.17) is 22.1 Å². The quantitative estimate of drug-likeness (QED) is 0.745. The third-order valence-electron chi connectivity index (χ3n) is 2.26. The van der Waals surface area contributed by atoms with Crippen LogP contribution in [0.15, 0.2) is 6.07 Å². The second-order valence-corrected chi connectivity index (χ2v) is 5.17. The molecule has 0 unspecified atom stereocenters. The molecule has 1 amide bonds. The molecule has 0 aliphatic rings. The lowest BCUT2D eigenvalue weighted by Crippen LogP contribution is -2.36. The van der Waals surface area contributed by atoms with Gasteiger partial charge in [0.25, 0.3) is 0 Å². The first-order valence-corrected chi connectivity index (χ1v) is 6.38. The summed E-state index contributed by atoms with van der Waals surface area (Å²) in [5.41, 5.74) is 4.69. The predicted octanol–water partition coefficient (Wildman–Crippen LogP) is 1.73. The van der Waals surface area contributed by atoms with Crippen molar-refractivity contribution in [1.29, 1.82) is 0 Å². The molecule has 0 aliphatic carbocycles. The van der Waals surface area contributed by atoms with Crippen molar-refractivity contribution in [2.75, 3.05) is 11.9 Å². The molecular formula is C12H19ClN4O2. The second kappa shape index (κ2) is 6.68. The fraction of sp³-hybridized carbons (Fsp3) is 0.583. The number of nitrogens with one attached hydrogen (secondary N) is 1. The van der Waals surface area contributed by atoms with Gasteiger partial charge in [0.2, 0.25) is 5.91 Å². The minimum Gasteiger partial charge on any atom is -0.374 e. The minimum absolute atomic E-state index is 0.190. The summed E-state index contributed by atoms with van der Waals surface area (Å²) in [5.74, 6) is 0.653. The first-order chi connectivity index (χ1) is 8.82. The van der Waals surface area contributed by atoms with E-state index in [1.54, 1.807) is 6.07 Å². The molecule has 0 aromatic carbocycles. The van der Waals surface area contributed by atoms with Crippen molar-refractivity contribution in [2.45, 2.75) is 39.3 Å². The summed E-state index contributed by atoms with van der Waals surface area (Å²) in [5, 5.41) is 3.44. The zero-order chi connectivity index (χ0) is 14.5. The van der Waals surface area contributed by atoms with Gasteiger partial charge >= 0.3 is 0 Å². The van der Waals surface area contributed by atoms with Gasteiger partial charge in [0.1, 0.15) is 17.6 Å². The van der Waals surface area contributed by atoms with Crippen LogP contribution in [0.2, 0.25) is 5.15 Å². The maximum absolute atomic E-state index is 11.0. The fourth-order valence-corrected chi connectivity index (χ4v) is 1.81. The Morgan fingerprint density at radius 1 is 1.53 bits per heavy atom. The Morgan fingerprint density at radius 3 is 2.79 bits per heavy atom. The van der Waals surface area contributed by atoms with Crippen molar-refractivity contribution in [1.82, 2.24) is 9.97 Å². The van der Waals surface area contributed by atoms with Gasteiger partial charge < -0.3 is 15.8 Å². The van der Waals surface area contributed by atoms with Gasteiger partial charge in [-0.1, -0.05) is 11.6 Å². The maximum Gasteiger partial charge on any atom is 0.219 e. The Balaban J connectivity index is 2.82. The van der Waals surface area contributed by atoms with Crippen LogP contribution < -0.4 is 11.1 Å². The number of hydrogen-bond acceptors (Lipinski definition) is 5. The summed E-state index contributed by atoms with van der Waals surface area (Å²) in [7, 11) is 0. The third kappa shape index (κ3) is 5.85. The smallest absolute Gasteiger partial charge is 0.219 e. The van der Waals surface area contributed by atoms with Crippen LogP contribution in [0.1, 0.15) is 33.0 Å². The Bertz CT molecular complexity index is 451. The molecule has 0 bridgehead atoms. The summed E-state index contributed by atoms with van der Waals surface area (Å²) in [6.07, 6.45) is 0.190. The van der Waals surface area contributed by atoms with E-state index >= 15 is 0 Å². The largest absolute Gasteiger partial charge is 0.374 e. The molecule has 1 aromatic rings. The highest BCUT2D eigenvalue weighted by Gasteiger charge is 2.21. The van der Waals surface area contributed by atoms with Crippen molar-refractivity contribution in [3.8, 4) is 0 Å². The number of ether oxygens (including phenoxy) is 1. The molecule has 1 rings (SSSR count). The number of carbonyl (C=O) groups excluding carboxylic acids is 1. The van der Waals surface area contributed by atoms with Gasteiger partial charge in [-0.2, -0.15) is 0 Å². The topological polar surface area (TPSA) is 90.1 Å². The fourth-order valence-electron chi connectivity index (χ4n) is 1.61. The first-order valence-electron chi connectivity index (χ1n) is 6.00. The molecule has 0 radical (unpaired) electrons. The Morgan fingerprint density at radius 2 is 2.21 bits per heavy atom. The minimum atomic E-state index is -0.508. The molecule has 1 aromatic heterocycles. The number of nitrogens with two attached hydrogens (primary N) is 1. The average Bonchev–Trinajstić information content (AvgIpc) is 2.22. The summed E-state index contributed by atoms with van der Waals surface area (Å²) >= 11 is 5.93. The number of rotatable bonds is 7. The Hall–Kier alpha value is -1.40. The first kappa shape index (κ1) is 15.7. The molecule has 7 heteroatoms. The van der Waals surface area contributed by atoms with Crippen LogP contribution in [0, 0.1) is 0 Å². The van der Waals surface area contributed by atoms with Crippen molar-refractivity contribution in [2.24, 2.45) is 5.73 Å². The molecule has 19 heavy (non-hydrogen) atoms. The summed E-state index contributed by atoms with van der Waals surface area (Å²) in [6, 6.07) is 1.60. The van der Waals surface area contributed by atoms with Gasteiger partial charge in [-0.05, 0) is 20.8 Å². The normalized spacial score (nSPS) is 11.4. The van der Waals surface area contributed by atoms with Crippen LogP contribution in [0.3, 0.4) is 0 Å². The van der Waals surface area contributed by atoms with Crippen LogP contribution in [0.25, 0.3) is 0 Å². The number of halogens is 1. The zero-order valence-electron chi connectivity index (χ0n) is 11.4. The van der Waals surface area contributed by atoms with E-state index in [9.17, 15) is 4.79 Å². The molecule has 0 saturated carbocycles.